The van der Waals surface area contributed by atoms with Gasteiger partial charge in [-0.3, -0.25) is 0 Å². The number of hydrogen-bond donors (Lipinski definition) is 0. The average Bonchev–Trinajstić information content (AvgIpc) is 2.94. The van der Waals surface area contributed by atoms with Crippen LogP contribution in [0.15, 0.2) is 12.3 Å². The van der Waals surface area contributed by atoms with E-state index in [4.69, 9.17) is 13.6 Å². The third-order valence-electron chi connectivity index (χ3n) is 7.11. The summed E-state index contributed by atoms with van der Waals surface area (Å²) in [4.78, 5) is 0. The monoisotopic (exact) mass is 384 g/mol. The van der Waals surface area contributed by atoms with E-state index in [0.717, 1.165) is 13.0 Å². The van der Waals surface area contributed by atoms with E-state index in [2.05, 4.69) is 73.8 Å². The predicted octanol–water partition coefficient (Wildman–Crippen LogP) is 5.95. The summed E-state index contributed by atoms with van der Waals surface area (Å²) in [5, 5.41) is 0.467. The molecular weight excluding hydrogens is 344 g/mol. The van der Waals surface area contributed by atoms with Gasteiger partial charge in [-0.25, -0.2) is 0 Å². The van der Waals surface area contributed by atoms with Crippen molar-refractivity contribution in [3.8, 4) is 0 Å². The second kappa shape index (κ2) is 6.81. The molecule has 1 saturated carbocycles. The standard InChI is InChI=1S/C20H40O3Si2/c1-19(2,3)24(7,8)22-14-16-15-11-12-21-17(15)13-18(16)23-25(9,10)20(4,5)6/h11-12,15-18H,13-14H2,1-10H3/t15-,16-,17+,18?/m1/s1. The molecule has 25 heavy (non-hydrogen) atoms. The summed E-state index contributed by atoms with van der Waals surface area (Å²) in [6, 6.07) is 0. The van der Waals surface area contributed by atoms with E-state index in [1.54, 1.807) is 0 Å². The Morgan fingerprint density at radius 1 is 0.960 bits per heavy atom. The van der Waals surface area contributed by atoms with Crippen molar-refractivity contribution in [2.75, 3.05) is 6.61 Å². The second-order valence-electron chi connectivity index (χ2n) is 11.0. The summed E-state index contributed by atoms with van der Waals surface area (Å²) in [5.74, 6) is 0.853. The van der Waals surface area contributed by atoms with Crippen LogP contribution in [-0.2, 0) is 13.6 Å². The van der Waals surface area contributed by atoms with Crippen LogP contribution in [0.1, 0.15) is 48.0 Å². The SMILES string of the molecule is CC(C)(C)[Si](C)(C)OC[C@H]1C(O[Si](C)(C)C(C)(C)C)C[C@@H]2OC=C[C@@H]21. The van der Waals surface area contributed by atoms with Gasteiger partial charge in [-0.2, -0.15) is 0 Å². The number of hydrogen-bond acceptors (Lipinski definition) is 3. The third kappa shape index (κ3) is 4.42. The Morgan fingerprint density at radius 2 is 1.52 bits per heavy atom. The van der Waals surface area contributed by atoms with Gasteiger partial charge in [-0.05, 0) is 42.3 Å². The van der Waals surface area contributed by atoms with Gasteiger partial charge < -0.3 is 13.6 Å². The molecule has 0 amide bonds. The van der Waals surface area contributed by atoms with Crippen molar-refractivity contribution < 1.29 is 13.6 Å². The van der Waals surface area contributed by atoms with E-state index in [0.29, 0.717) is 11.8 Å². The van der Waals surface area contributed by atoms with E-state index in [1.165, 1.54) is 0 Å². The maximum Gasteiger partial charge on any atom is 0.192 e. The zero-order valence-electron chi connectivity index (χ0n) is 18.1. The molecule has 0 radical (unpaired) electrons. The van der Waals surface area contributed by atoms with Crippen LogP contribution >= 0.6 is 0 Å². The summed E-state index contributed by atoms with van der Waals surface area (Å²) in [6.45, 7) is 24.0. The molecule has 2 aliphatic rings. The summed E-state index contributed by atoms with van der Waals surface area (Å²) in [7, 11) is -3.55. The number of ether oxygens (including phenoxy) is 1. The first-order chi connectivity index (χ1) is 11.2. The van der Waals surface area contributed by atoms with Gasteiger partial charge in [0.25, 0.3) is 0 Å². The molecule has 1 aliphatic carbocycles. The normalized spacial score (nSPS) is 30.5. The van der Waals surface area contributed by atoms with Crippen LogP contribution in [-0.4, -0.2) is 35.4 Å². The average molecular weight is 385 g/mol. The van der Waals surface area contributed by atoms with Crippen molar-refractivity contribution in [3.63, 3.8) is 0 Å². The zero-order valence-corrected chi connectivity index (χ0v) is 20.1. The van der Waals surface area contributed by atoms with Gasteiger partial charge in [0.05, 0.1) is 12.4 Å². The maximum absolute atomic E-state index is 6.82. The molecule has 0 spiro atoms. The quantitative estimate of drug-likeness (QED) is 0.548. The molecular formula is C20H40O3Si2. The Hall–Kier alpha value is -0.106. The lowest BCUT2D eigenvalue weighted by molar-refractivity contribution is 0.0903. The molecule has 0 aromatic heterocycles. The highest BCUT2D eigenvalue weighted by Crippen LogP contribution is 2.46. The van der Waals surface area contributed by atoms with E-state index >= 15 is 0 Å². The summed E-state index contributed by atoms with van der Waals surface area (Å²) < 4.78 is 19.3. The van der Waals surface area contributed by atoms with Crippen LogP contribution in [0.25, 0.3) is 0 Å². The smallest absolute Gasteiger partial charge is 0.192 e. The highest BCUT2D eigenvalue weighted by Gasteiger charge is 2.50. The minimum absolute atomic E-state index is 0.228. The van der Waals surface area contributed by atoms with Crippen molar-refractivity contribution in [1.29, 1.82) is 0 Å². The maximum atomic E-state index is 6.82. The summed E-state index contributed by atoms with van der Waals surface area (Å²) in [5.41, 5.74) is 0. The Balaban J connectivity index is 2.13. The molecule has 0 saturated heterocycles. The zero-order chi connectivity index (χ0) is 19.3. The fourth-order valence-electron chi connectivity index (χ4n) is 3.16. The molecule has 1 unspecified atom stereocenters. The first-order valence-electron chi connectivity index (χ1n) is 9.80. The molecule has 4 atom stereocenters. The van der Waals surface area contributed by atoms with Crippen molar-refractivity contribution >= 4 is 16.6 Å². The van der Waals surface area contributed by atoms with Gasteiger partial charge in [-0.15, -0.1) is 0 Å². The van der Waals surface area contributed by atoms with E-state index in [-0.39, 0.29) is 22.3 Å². The first-order valence-corrected chi connectivity index (χ1v) is 15.6. The Morgan fingerprint density at radius 3 is 2.04 bits per heavy atom. The molecule has 1 fully saturated rings. The van der Waals surface area contributed by atoms with Gasteiger partial charge in [0.15, 0.2) is 16.6 Å². The van der Waals surface area contributed by atoms with Gasteiger partial charge in [-0.1, -0.05) is 41.5 Å². The minimum atomic E-state index is -1.80. The fourth-order valence-corrected chi connectivity index (χ4v) is 5.59. The molecule has 5 heteroatoms. The summed E-state index contributed by atoms with van der Waals surface area (Å²) in [6.07, 6.45) is 5.65. The lowest BCUT2D eigenvalue weighted by Gasteiger charge is -2.41. The van der Waals surface area contributed by atoms with Crippen molar-refractivity contribution in [3.05, 3.63) is 12.3 Å². The molecule has 2 rings (SSSR count). The highest BCUT2D eigenvalue weighted by atomic mass is 28.4. The lowest BCUT2D eigenvalue weighted by atomic mass is 9.96. The highest BCUT2D eigenvalue weighted by molar-refractivity contribution is 6.74. The van der Waals surface area contributed by atoms with Crippen molar-refractivity contribution in [2.45, 2.75) is 96.4 Å². The fraction of sp³-hybridized carbons (Fsp3) is 0.900. The van der Waals surface area contributed by atoms with Gasteiger partial charge in [0.1, 0.15) is 6.10 Å². The largest absolute Gasteiger partial charge is 0.498 e. The molecule has 0 aromatic carbocycles. The van der Waals surface area contributed by atoms with E-state index in [9.17, 15) is 0 Å². The number of fused-ring (bicyclic) bond motifs is 1. The second-order valence-corrected chi connectivity index (χ2v) is 20.5. The van der Waals surface area contributed by atoms with Crippen LogP contribution in [0.3, 0.4) is 0 Å². The summed E-state index contributed by atoms with van der Waals surface area (Å²) >= 11 is 0. The molecule has 1 heterocycles. The first kappa shape index (κ1) is 21.2. The van der Waals surface area contributed by atoms with Crippen molar-refractivity contribution in [2.24, 2.45) is 11.8 Å². The molecule has 0 aromatic rings. The third-order valence-corrected chi connectivity index (χ3v) is 16.1. The predicted molar refractivity (Wildman–Crippen MR) is 111 cm³/mol. The molecule has 0 bridgehead atoms. The lowest BCUT2D eigenvalue weighted by Crippen LogP contribution is -2.47. The topological polar surface area (TPSA) is 27.7 Å². The van der Waals surface area contributed by atoms with E-state index < -0.39 is 16.6 Å². The molecule has 1 aliphatic heterocycles. The minimum Gasteiger partial charge on any atom is -0.498 e. The van der Waals surface area contributed by atoms with Crippen LogP contribution < -0.4 is 0 Å². The van der Waals surface area contributed by atoms with E-state index in [1.807, 2.05) is 6.26 Å². The Kier molecular flexibility index (Phi) is 5.77. The van der Waals surface area contributed by atoms with Gasteiger partial charge in [0.2, 0.25) is 0 Å². The molecule has 0 N–H and O–H groups in total. The van der Waals surface area contributed by atoms with Crippen LogP contribution in [0.4, 0.5) is 0 Å². The van der Waals surface area contributed by atoms with Gasteiger partial charge in [0, 0.05) is 24.9 Å². The Bertz CT molecular complexity index is 500. The number of rotatable bonds is 5. The molecule has 146 valence electrons. The van der Waals surface area contributed by atoms with Crippen LogP contribution in [0.5, 0.6) is 0 Å². The Labute approximate surface area is 157 Å². The van der Waals surface area contributed by atoms with Crippen LogP contribution in [0, 0.1) is 11.8 Å². The van der Waals surface area contributed by atoms with Crippen molar-refractivity contribution in [1.82, 2.24) is 0 Å². The molecule has 3 nitrogen and oxygen atoms in total. The van der Waals surface area contributed by atoms with Gasteiger partial charge >= 0.3 is 0 Å². The van der Waals surface area contributed by atoms with Crippen LogP contribution in [0.2, 0.25) is 36.3 Å².